The maximum absolute atomic E-state index is 2.69. The minimum atomic E-state index is -1.40. The fourth-order valence-corrected chi connectivity index (χ4v) is 10.3. The van der Waals surface area contributed by atoms with Crippen LogP contribution in [-0.4, -0.2) is 32.3 Å². The molecule has 0 aromatic heterocycles. The van der Waals surface area contributed by atoms with Gasteiger partial charge in [0.25, 0.3) is 0 Å². The Morgan fingerprint density at radius 1 is 0.205 bits per heavy atom. The molecular formula is C43H91P. The van der Waals surface area contributed by atoms with Crippen LogP contribution >= 0.6 is 6.60 Å². The van der Waals surface area contributed by atoms with Crippen molar-refractivity contribution in [2.45, 2.75) is 245 Å². The molecule has 0 atom stereocenters. The molecule has 0 saturated heterocycles. The number of unbranched alkanes of at least 4 members (excludes halogenated alkanes) is 34. The summed E-state index contributed by atoms with van der Waals surface area (Å²) in [5, 5.41) is 0. The molecule has 0 unspecified atom stereocenters. The van der Waals surface area contributed by atoms with Crippen LogP contribution in [-0.2, 0) is 0 Å². The molecule has 0 radical (unpaired) electrons. The summed E-state index contributed by atoms with van der Waals surface area (Å²) in [5.41, 5.74) is 0. The van der Waals surface area contributed by atoms with E-state index in [1.807, 2.05) is 0 Å². The normalized spacial score (nSPS) is 13.0. The van der Waals surface area contributed by atoms with E-state index < -0.39 is 6.60 Å². The molecule has 0 nitrogen and oxygen atoms in total. The van der Waals surface area contributed by atoms with Crippen LogP contribution in [0.2, 0.25) is 0 Å². The van der Waals surface area contributed by atoms with Gasteiger partial charge in [-0.1, -0.05) is 104 Å². The zero-order valence-electron chi connectivity index (χ0n) is 32.3. The minimum absolute atomic E-state index is 1.37. The van der Waals surface area contributed by atoms with E-state index in [4.69, 9.17) is 0 Å². The monoisotopic (exact) mass is 639 g/mol. The molecule has 1 heteroatoms. The summed E-state index contributed by atoms with van der Waals surface area (Å²) in [4.78, 5) is 0. The van der Waals surface area contributed by atoms with E-state index >= 15 is 0 Å². The van der Waals surface area contributed by atoms with Crippen LogP contribution in [0, 0.1) is 0 Å². The molecule has 44 heavy (non-hydrogen) atoms. The average Bonchev–Trinajstić information content (AvgIpc) is 2.99. The third-order valence-electron chi connectivity index (χ3n) is 10.7. The summed E-state index contributed by atoms with van der Waals surface area (Å²) in [5.74, 6) is 0. The first kappa shape index (κ1) is 44.4. The van der Waals surface area contributed by atoms with Crippen LogP contribution in [0.25, 0.3) is 0 Å². The van der Waals surface area contributed by atoms with Crippen molar-refractivity contribution in [3.05, 3.63) is 0 Å². The summed E-state index contributed by atoms with van der Waals surface area (Å²) in [6.07, 6.45) is 56.4. The smallest absolute Gasteiger partial charge is 0.0654 e. The van der Waals surface area contributed by atoms with Crippen LogP contribution in [0.4, 0.5) is 0 Å². The van der Waals surface area contributed by atoms with E-state index in [-0.39, 0.29) is 0 Å². The molecule has 0 aromatic carbocycles. The third kappa shape index (κ3) is 36.9. The van der Waals surface area contributed by atoms with Gasteiger partial charge < -0.3 is 0 Å². The molecular weight excluding hydrogens is 547 g/mol. The zero-order valence-corrected chi connectivity index (χ0v) is 33.2. The van der Waals surface area contributed by atoms with Crippen molar-refractivity contribution in [3.8, 4) is 0 Å². The van der Waals surface area contributed by atoms with E-state index in [0.717, 1.165) is 0 Å². The first-order valence-electron chi connectivity index (χ1n) is 21.4. The average molecular weight is 639 g/mol. The SMILES string of the molecule is CCCCCCCCCCCCCCCCCCCCP(C)(C)(C)CCCCCCCCCCCCCCCCCCCC. The first-order chi connectivity index (χ1) is 21.4. The molecule has 0 rings (SSSR count). The van der Waals surface area contributed by atoms with Crippen molar-refractivity contribution in [3.63, 3.8) is 0 Å². The Morgan fingerprint density at radius 2 is 0.341 bits per heavy atom. The van der Waals surface area contributed by atoms with Gasteiger partial charge in [-0.25, -0.2) is 0 Å². The van der Waals surface area contributed by atoms with Gasteiger partial charge in [0.15, 0.2) is 0 Å². The topological polar surface area (TPSA) is 0 Å². The molecule has 0 fully saturated rings. The fraction of sp³-hybridized carbons (Fsp3) is 1.00. The van der Waals surface area contributed by atoms with Crippen LogP contribution in [0.1, 0.15) is 245 Å². The molecule has 0 spiro atoms. The van der Waals surface area contributed by atoms with Gasteiger partial charge in [-0.15, -0.1) is 0 Å². The Morgan fingerprint density at radius 3 is 0.500 bits per heavy atom. The predicted molar refractivity (Wildman–Crippen MR) is 212 cm³/mol. The molecule has 0 aliphatic carbocycles. The standard InChI is InChI=1S/C43H91P/c1-6-8-10-12-14-16-18-20-22-24-26-28-30-32-34-36-38-40-42-44(3,4,5)43-41-39-37-35-33-31-29-27-25-23-21-19-17-15-13-11-9-7-2/h6-43H2,1-5H3. The molecule has 0 saturated carbocycles. The Bertz CT molecular complexity index is 485. The second-order valence-corrected chi connectivity index (χ2v) is 24.8. The molecule has 0 aliphatic heterocycles. The Hall–Kier alpha value is 0.430. The summed E-state index contributed by atoms with van der Waals surface area (Å²) >= 11 is 0. The van der Waals surface area contributed by atoms with E-state index in [9.17, 15) is 0 Å². The molecule has 0 aliphatic rings. The first-order valence-corrected chi connectivity index (χ1v) is 25.3. The fourth-order valence-electron chi connectivity index (χ4n) is 7.31. The molecule has 0 amide bonds. The minimum Gasteiger partial charge on any atom is -0.0654 e. The molecule has 0 N–H and O–H groups in total. The van der Waals surface area contributed by atoms with E-state index in [2.05, 4.69) is 33.8 Å². The molecule has 268 valence electrons. The summed E-state index contributed by atoms with van der Waals surface area (Å²) in [7, 11) is 0. The van der Waals surface area contributed by atoms with Gasteiger partial charge in [-0.05, 0) is 0 Å². The van der Waals surface area contributed by atoms with E-state index in [0.29, 0.717) is 0 Å². The second kappa shape index (κ2) is 33.3. The van der Waals surface area contributed by atoms with Gasteiger partial charge in [0.1, 0.15) is 0 Å². The zero-order chi connectivity index (χ0) is 32.3. The second-order valence-electron chi connectivity index (χ2n) is 16.9. The Kier molecular flexibility index (Phi) is 33.7. The van der Waals surface area contributed by atoms with Crippen LogP contribution in [0.15, 0.2) is 0 Å². The molecule has 0 heterocycles. The van der Waals surface area contributed by atoms with Gasteiger partial charge in [0, 0.05) is 0 Å². The summed E-state index contributed by atoms with van der Waals surface area (Å²) in [6, 6.07) is 0. The van der Waals surface area contributed by atoms with Crippen molar-refractivity contribution < 1.29 is 0 Å². The van der Waals surface area contributed by atoms with Crippen molar-refractivity contribution >= 4 is 6.60 Å². The number of hydrogen-bond acceptors (Lipinski definition) is 0. The maximum atomic E-state index is 2.69. The summed E-state index contributed by atoms with van der Waals surface area (Å²) in [6.45, 7) is 11.3. The van der Waals surface area contributed by atoms with Crippen molar-refractivity contribution in [2.75, 3.05) is 32.3 Å². The van der Waals surface area contributed by atoms with Gasteiger partial charge in [0.2, 0.25) is 0 Å². The van der Waals surface area contributed by atoms with E-state index in [1.165, 1.54) is 231 Å². The quantitative estimate of drug-likeness (QED) is 0.0466. The van der Waals surface area contributed by atoms with Gasteiger partial charge in [0.05, 0.1) is 0 Å². The Labute approximate surface area is 283 Å². The van der Waals surface area contributed by atoms with Gasteiger partial charge >= 0.3 is 180 Å². The van der Waals surface area contributed by atoms with E-state index in [1.54, 1.807) is 12.3 Å². The van der Waals surface area contributed by atoms with Crippen LogP contribution in [0.5, 0.6) is 0 Å². The van der Waals surface area contributed by atoms with Crippen molar-refractivity contribution in [1.29, 1.82) is 0 Å². The van der Waals surface area contributed by atoms with Gasteiger partial charge in [-0.2, -0.15) is 0 Å². The van der Waals surface area contributed by atoms with Crippen molar-refractivity contribution in [2.24, 2.45) is 0 Å². The van der Waals surface area contributed by atoms with Gasteiger partial charge in [-0.3, -0.25) is 0 Å². The van der Waals surface area contributed by atoms with Crippen LogP contribution in [0.3, 0.4) is 0 Å². The Balaban J connectivity index is 3.38. The van der Waals surface area contributed by atoms with Crippen molar-refractivity contribution in [1.82, 2.24) is 0 Å². The van der Waals surface area contributed by atoms with Crippen LogP contribution < -0.4 is 0 Å². The predicted octanol–water partition coefficient (Wildman–Crippen LogP) is 16.5. The molecule has 0 aromatic rings. The number of rotatable bonds is 38. The summed E-state index contributed by atoms with van der Waals surface area (Å²) < 4.78 is 0. The third-order valence-corrected chi connectivity index (χ3v) is 14.6. The number of hydrogen-bond donors (Lipinski definition) is 0. The molecule has 0 bridgehead atoms.